The van der Waals surface area contributed by atoms with E-state index in [1.165, 1.54) is 4.90 Å². The van der Waals surface area contributed by atoms with Crippen LogP contribution in [0.1, 0.15) is 33.1 Å². The van der Waals surface area contributed by atoms with Gasteiger partial charge in [-0.15, -0.1) is 0 Å². The first kappa shape index (κ1) is 12.8. The van der Waals surface area contributed by atoms with Crippen molar-refractivity contribution in [2.24, 2.45) is 0 Å². The number of nitrogens with zero attached hydrogens (tertiary/aromatic N) is 1. The molecule has 0 heterocycles. The molecule has 0 bridgehead atoms. The van der Waals surface area contributed by atoms with Gasteiger partial charge >= 0.3 is 12.0 Å². The molecule has 0 aromatic carbocycles. The van der Waals surface area contributed by atoms with Crippen LogP contribution in [0.4, 0.5) is 4.79 Å². The molecule has 92 valence electrons. The van der Waals surface area contributed by atoms with E-state index in [1.54, 1.807) is 6.92 Å². The van der Waals surface area contributed by atoms with Gasteiger partial charge < -0.3 is 15.0 Å². The van der Waals surface area contributed by atoms with Crippen molar-refractivity contribution in [2.75, 3.05) is 19.7 Å². The van der Waals surface area contributed by atoms with Crippen molar-refractivity contribution in [3.05, 3.63) is 0 Å². The maximum Gasteiger partial charge on any atom is 0.325 e. The Labute approximate surface area is 96.1 Å². The molecule has 1 N–H and O–H groups in total. The molecule has 1 aliphatic rings. The van der Waals surface area contributed by atoms with Crippen LogP contribution >= 0.6 is 0 Å². The number of hydrogen-bond acceptors (Lipinski definition) is 3. The zero-order valence-corrected chi connectivity index (χ0v) is 9.99. The van der Waals surface area contributed by atoms with Crippen LogP contribution in [-0.2, 0) is 9.53 Å². The molecule has 1 aliphatic carbocycles. The van der Waals surface area contributed by atoms with Crippen molar-refractivity contribution < 1.29 is 14.3 Å². The third-order valence-corrected chi connectivity index (χ3v) is 2.31. The molecule has 5 heteroatoms. The molecule has 0 aromatic rings. The van der Waals surface area contributed by atoms with E-state index in [0.29, 0.717) is 19.2 Å². The molecular weight excluding hydrogens is 208 g/mol. The molecule has 0 spiro atoms. The third-order valence-electron chi connectivity index (χ3n) is 2.31. The zero-order chi connectivity index (χ0) is 12.0. The molecule has 0 atom stereocenters. The number of rotatable bonds is 6. The summed E-state index contributed by atoms with van der Waals surface area (Å²) in [6.45, 7) is 4.70. The molecule has 0 unspecified atom stereocenters. The van der Waals surface area contributed by atoms with E-state index < -0.39 is 0 Å². The lowest BCUT2D eigenvalue weighted by Crippen LogP contribution is -2.44. The Morgan fingerprint density at radius 3 is 2.56 bits per heavy atom. The average molecular weight is 228 g/mol. The van der Waals surface area contributed by atoms with Crippen LogP contribution in [0.25, 0.3) is 0 Å². The zero-order valence-electron chi connectivity index (χ0n) is 9.99. The predicted octanol–water partition coefficient (Wildman–Crippen LogP) is 1.13. The van der Waals surface area contributed by atoms with Crippen molar-refractivity contribution >= 4 is 12.0 Å². The molecule has 16 heavy (non-hydrogen) atoms. The summed E-state index contributed by atoms with van der Waals surface area (Å²) in [5.74, 6) is -0.345. The topological polar surface area (TPSA) is 58.6 Å². The fourth-order valence-corrected chi connectivity index (χ4v) is 1.38. The van der Waals surface area contributed by atoms with Crippen molar-refractivity contribution in [1.82, 2.24) is 10.2 Å². The Morgan fingerprint density at radius 2 is 2.06 bits per heavy atom. The van der Waals surface area contributed by atoms with Crippen LogP contribution in [0.3, 0.4) is 0 Å². The Balaban J connectivity index is 2.37. The van der Waals surface area contributed by atoms with Crippen LogP contribution in [-0.4, -0.2) is 42.6 Å². The Morgan fingerprint density at radius 1 is 1.38 bits per heavy atom. The van der Waals surface area contributed by atoms with Crippen LogP contribution in [0, 0.1) is 0 Å². The van der Waals surface area contributed by atoms with Gasteiger partial charge in [0.05, 0.1) is 6.61 Å². The van der Waals surface area contributed by atoms with Crippen molar-refractivity contribution in [2.45, 2.75) is 39.2 Å². The van der Waals surface area contributed by atoms with Crippen LogP contribution < -0.4 is 5.32 Å². The smallest absolute Gasteiger partial charge is 0.325 e. The van der Waals surface area contributed by atoms with Gasteiger partial charge in [0, 0.05) is 12.6 Å². The first-order valence-electron chi connectivity index (χ1n) is 5.88. The van der Waals surface area contributed by atoms with Gasteiger partial charge in [0.1, 0.15) is 6.54 Å². The maximum atomic E-state index is 11.7. The van der Waals surface area contributed by atoms with E-state index in [9.17, 15) is 9.59 Å². The number of carbonyl (C=O) groups is 2. The second-order valence-electron chi connectivity index (χ2n) is 3.95. The SMILES string of the molecule is CCCN(CC(=O)OCC)C(=O)NC1CC1. The number of hydrogen-bond donors (Lipinski definition) is 1. The van der Waals surface area contributed by atoms with E-state index in [4.69, 9.17) is 4.74 Å². The Bertz CT molecular complexity index is 252. The van der Waals surface area contributed by atoms with E-state index in [1.807, 2.05) is 6.92 Å². The van der Waals surface area contributed by atoms with E-state index >= 15 is 0 Å². The fourth-order valence-electron chi connectivity index (χ4n) is 1.38. The highest BCUT2D eigenvalue weighted by Gasteiger charge is 2.26. The van der Waals surface area contributed by atoms with Gasteiger partial charge in [-0.1, -0.05) is 6.92 Å². The number of nitrogens with one attached hydrogen (secondary N) is 1. The standard InChI is InChI=1S/C11H20N2O3/c1-3-7-13(8-10(14)16-4-2)11(15)12-9-5-6-9/h9H,3-8H2,1-2H3,(H,12,15). The molecular formula is C11H20N2O3. The minimum absolute atomic E-state index is 0.0419. The van der Waals surface area contributed by atoms with Gasteiger partial charge in [0.15, 0.2) is 0 Å². The maximum absolute atomic E-state index is 11.7. The second kappa shape index (κ2) is 6.35. The average Bonchev–Trinajstić information content (AvgIpc) is 3.01. The van der Waals surface area contributed by atoms with Crippen LogP contribution in [0.5, 0.6) is 0 Å². The molecule has 0 aromatic heterocycles. The molecule has 0 radical (unpaired) electrons. The number of ether oxygens (including phenoxy) is 1. The predicted molar refractivity (Wildman–Crippen MR) is 60.1 cm³/mol. The lowest BCUT2D eigenvalue weighted by atomic mass is 10.4. The van der Waals surface area contributed by atoms with E-state index in [-0.39, 0.29) is 18.5 Å². The highest BCUT2D eigenvalue weighted by molar-refractivity contribution is 5.81. The summed E-state index contributed by atoms with van der Waals surface area (Å²) in [5, 5.41) is 2.87. The lowest BCUT2D eigenvalue weighted by molar-refractivity contribution is -0.143. The summed E-state index contributed by atoms with van der Waals surface area (Å²) in [5.41, 5.74) is 0. The number of esters is 1. The first-order valence-corrected chi connectivity index (χ1v) is 5.88. The van der Waals surface area contributed by atoms with Gasteiger partial charge in [0.25, 0.3) is 0 Å². The summed E-state index contributed by atoms with van der Waals surface area (Å²) in [6.07, 6.45) is 2.92. The van der Waals surface area contributed by atoms with Gasteiger partial charge in [0.2, 0.25) is 0 Å². The Kier molecular flexibility index (Phi) is 5.08. The largest absolute Gasteiger partial charge is 0.465 e. The van der Waals surface area contributed by atoms with Crippen molar-refractivity contribution in [1.29, 1.82) is 0 Å². The van der Waals surface area contributed by atoms with Crippen molar-refractivity contribution in [3.8, 4) is 0 Å². The number of urea groups is 1. The van der Waals surface area contributed by atoms with E-state index in [0.717, 1.165) is 19.3 Å². The Hall–Kier alpha value is -1.26. The number of amides is 2. The van der Waals surface area contributed by atoms with Crippen LogP contribution in [0.2, 0.25) is 0 Å². The highest BCUT2D eigenvalue weighted by atomic mass is 16.5. The summed E-state index contributed by atoms with van der Waals surface area (Å²) in [7, 11) is 0. The molecule has 5 nitrogen and oxygen atoms in total. The minimum atomic E-state index is -0.345. The summed E-state index contributed by atoms with van der Waals surface area (Å²) in [6, 6.07) is 0.159. The summed E-state index contributed by atoms with van der Waals surface area (Å²) < 4.78 is 4.83. The normalized spacial score (nSPS) is 14.4. The minimum Gasteiger partial charge on any atom is -0.465 e. The van der Waals surface area contributed by atoms with E-state index in [2.05, 4.69) is 5.32 Å². The second-order valence-corrected chi connectivity index (χ2v) is 3.95. The van der Waals surface area contributed by atoms with Gasteiger partial charge in [-0.3, -0.25) is 4.79 Å². The van der Waals surface area contributed by atoms with Gasteiger partial charge in [-0.05, 0) is 26.2 Å². The summed E-state index contributed by atoms with van der Waals surface area (Å²) >= 11 is 0. The quantitative estimate of drug-likeness (QED) is 0.693. The van der Waals surface area contributed by atoms with Gasteiger partial charge in [-0.25, -0.2) is 4.79 Å². The highest BCUT2D eigenvalue weighted by Crippen LogP contribution is 2.18. The molecule has 1 saturated carbocycles. The molecule has 2 amide bonds. The molecule has 1 rings (SSSR count). The fraction of sp³-hybridized carbons (Fsp3) is 0.818. The van der Waals surface area contributed by atoms with Gasteiger partial charge in [-0.2, -0.15) is 0 Å². The molecule has 1 fully saturated rings. The molecule has 0 saturated heterocycles. The monoisotopic (exact) mass is 228 g/mol. The number of carbonyl (C=O) groups excluding carboxylic acids is 2. The lowest BCUT2D eigenvalue weighted by Gasteiger charge is -2.21. The summed E-state index contributed by atoms with van der Waals surface area (Å²) in [4.78, 5) is 24.5. The van der Waals surface area contributed by atoms with Crippen molar-refractivity contribution in [3.63, 3.8) is 0 Å². The first-order chi connectivity index (χ1) is 7.67. The molecule has 0 aliphatic heterocycles. The van der Waals surface area contributed by atoms with Crippen LogP contribution in [0.15, 0.2) is 0 Å². The third kappa shape index (κ3) is 4.51.